The molecule has 0 aromatic heterocycles. The first-order chi connectivity index (χ1) is 10.8. The molecular weight excluding hydrogens is 401 g/mol. The fraction of sp³-hybridized carbons (Fsp3) is 0.278. The Bertz CT molecular complexity index is 577. The molecule has 2 aromatic carbocycles. The lowest BCUT2D eigenvalue weighted by Crippen LogP contribution is -2.36. The van der Waals surface area contributed by atoms with Crippen molar-refractivity contribution in [1.82, 2.24) is 10.6 Å². The third-order valence-corrected chi connectivity index (χ3v) is 3.01. The van der Waals surface area contributed by atoms with Gasteiger partial charge >= 0.3 is 0 Å². The van der Waals surface area contributed by atoms with Gasteiger partial charge in [-0.2, -0.15) is 0 Å². The molecule has 0 saturated carbocycles. The highest BCUT2D eigenvalue weighted by Gasteiger charge is 1.98. The normalized spacial score (nSPS) is 9.48. The Kier molecular flexibility index (Phi) is 9.12. The molecule has 23 heavy (non-hydrogen) atoms. The van der Waals surface area contributed by atoms with Gasteiger partial charge in [-0.05, 0) is 43.7 Å². The number of aliphatic imine (C=N–C) groups is 1. The molecule has 0 aliphatic carbocycles. The van der Waals surface area contributed by atoms with Gasteiger partial charge < -0.3 is 15.4 Å². The number of para-hydroxylation sites is 1. The second kappa shape index (κ2) is 10.9. The average Bonchev–Trinajstić information content (AvgIpc) is 2.55. The Labute approximate surface area is 155 Å². The third-order valence-electron chi connectivity index (χ3n) is 3.01. The summed E-state index contributed by atoms with van der Waals surface area (Å²) in [7, 11) is 0. The highest BCUT2D eigenvalue weighted by Crippen LogP contribution is 2.21. The van der Waals surface area contributed by atoms with Gasteiger partial charge in [0.2, 0.25) is 0 Å². The smallest absolute Gasteiger partial charge is 0.191 e. The minimum absolute atomic E-state index is 0. The van der Waals surface area contributed by atoms with Crippen LogP contribution in [0, 0.1) is 0 Å². The molecule has 0 amide bonds. The van der Waals surface area contributed by atoms with Crippen molar-refractivity contribution in [2.75, 3.05) is 13.1 Å². The minimum Gasteiger partial charge on any atom is -0.457 e. The molecule has 124 valence electrons. The molecule has 0 heterocycles. The average molecular weight is 425 g/mol. The molecule has 2 rings (SSSR count). The van der Waals surface area contributed by atoms with E-state index in [9.17, 15) is 0 Å². The van der Waals surface area contributed by atoms with E-state index in [0.29, 0.717) is 6.54 Å². The molecule has 4 nitrogen and oxygen atoms in total. The van der Waals surface area contributed by atoms with Crippen LogP contribution >= 0.6 is 24.0 Å². The Morgan fingerprint density at radius 3 is 2.00 bits per heavy atom. The van der Waals surface area contributed by atoms with Crippen LogP contribution < -0.4 is 15.4 Å². The number of ether oxygens (including phenoxy) is 1. The summed E-state index contributed by atoms with van der Waals surface area (Å²) in [6.07, 6.45) is 0. The van der Waals surface area contributed by atoms with Crippen LogP contribution in [-0.2, 0) is 6.54 Å². The van der Waals surface area contributed by atoms with E-state index in [-0.39, 0.29) is 24.0 Å². The number of nitrogens with one attached hydrogen (secondary N) is 2. The molecule has 0 radical (unpaired) electrons. The third kappa shape index (κ3) is 6.90. The summed E-state index contributed by atoms with van der Waals surface area (Å²) in [5.74, 6) is 2.52. The number of hydrogen-bond donors (Lipinski definition) is 2. The quantitative estimate of drug-likeness (QED) is 0.415. The van der Waals surface area contributed by atoms with Crippen molar-refractivity contribution >= 4 is 29.9 Å². The molecule has 0 bridgehead atoms. The van der Waals surface area contributed by atoms with Gasteiger partial charge in [-0.15, -0.1) is 24.0 Å². The van der Waals surface area contributed by atoms with Crippen LogP contribution in [-0.4, -0.2) is 19.0 Å². The van der Waals surface area contributed by atoms with Crippen molar-refractivity contribution in [3.05, 3.63) is 60.2 Å². The van der Waals surface area contributed by atoms with E-state index >= 15 is 0 Å². The first kappa shape index (κ1) is 19.3. The van der Waals surface area contributed by atoms with Crippen molar-refractivity contribution in [2.24, 2.45) is 4.99 Å². The van der Waals surface area contributed by atoms with Crippen LogP contribution in [0.4, 0.5) is 0 Å². The topological polar surface area (TPSA) is 45.7 Å². The van der Waals surface area contributed by atoms with E-state index in [2.05, 4.69) is 29.5 Å². The van der Waals surface area contributed by atoms with Crippen LogP contribution in [0.15, 0.2) is 59.6 Å². The number of rotatable bonds is 6. The lowest BCUT2D eigenvalue weighted by atomic mass is 10.2. The Morgan fingerprint density at radius 2 is 1.43 bits per heavy atom. The highest BCUT2D eigenvalue weighted by atomic mass is 127. The van der Waals surface area contributed by atoms with Gasteiger partial charge in [-0.25, -0.2) is 4.99 Å². The monoisotopic (exact) mass is 425 g/mol. The number of benzene rings is 2. The van der Waals surface area contributed by atoms with E-state index in [0.717, 1.165) is 36.1 Å². The maximum atomic E-state index is 5.78. The van der Waals surface area contributed by atoms with Crippen molar-refractivity contribution in [1.29, 1.82) is 0 Å². The summed E-state index contributed by atoms with van der Waals surface area (Å²) in [6.45, 7) is 6.47. The SMILES string of the molecule is CCNC(=NCc1ccc(Oc2ccccc2)cc1)NCC.I. The zero-order chi connectivity index (χ0) is 15.6. The van der Waals surface area contributed by atoms with Crippen molar-refractivity contribution < 1.29 is 4.74 Å². The number of guanidine groups is 1. The van der Waals surface area contributed by atoms with Gasteiger partial charge in [0, 0.05) is 13.1 Å². The zero-order valence-corrected chi connectivity index (χ0v) is 15.9. The van der Waals surface area contributed by atoms with Gasteiger partial charge in [0.1, 0.15) is 11.5 Å². The standard InChI is InChI=1S/C18H23N3O.HI/c1-3-19-18(20-4-2)21-14-15-10-12-17(13-11-15)22-16-8-6-5-7-9-16;/h5-13H,3-4,14H2,1-2H3,(H2,19,20,21);1H. The number of hydrogen-bond acceptors (Lipinski definition) is 2. The predicted molar refractivity (Wildman–Crippen MR) is 107 cm³/mol. The Morgan fingerprint density at radius 1 is 0.870 bits per heavy atom. The van der Waals surface area contributed by atoms with E-state index in [4.69, 9.17) is 4.74 Å². The summed E-state index contributed by atoms with van der Waals surface area (Å²) in [6, 6.07) is 17.8. The van der Waals surface area contributed by atoms with E-state index in [1.165, 1.54) is 0 Å². The maximum Gasteiger partial charge on any atom is 0.191 e. The first-order valence-electron chi connectivity index (χ1n) is 7.66. The van der Waals surface area contributed by atoms with Crippen LogP contribution in [0.5, 0.6) is 11.5 Å². The van der Waals surface area contributed by atoms with Crippen molar-refractivity contribution in [3.8, 4) is 11.5 Å². The lowest BCUT2D eigenvalue weighted by molar-refractivity contribution is 0.482. The van der Waals surface area contributed by atoms with E-state index in [1.807, 2.05) is 54.6 Å². The summed E-state index contributed by atoms with van der Waals surface area (Å²) in [5.41, 5.74) is 1.15. The van der Waals surface area contributed by atoms with Crippen LogP contribution in [0.1, 0.15) is 19.4 Å². The van der Waals surface area contributed by atoms with Gasteiger partial charge in [0.15, 0.2) is 5.96 Å². The van der Waals surface area contributed by atoms with E-state index in [1.54, 1.807) is 0 Å². The van der Waals surface area contributed by atoms with Crippen molar-refractivity contribution in [2.45, 2.75) is 20.4 Å². The first-order valence-corrected chi connectivity index (χ1v) is 7.66. The van der Waals surface area contributed by atoms with Crippen molar-refractivity contribution in [3.63, 3.8) is 0 Å². The Balaban J connectivity index is 0.00000264. The summed E-state index contributed by atoms with van der Waals surface area (Å²) in [4.78, 5) is 4.54. The number of halogens is 1. The van der Waals surface area contributed by atoms with Gasteiger partial charge in [0.25, 0.3) is 0 Å². The minimum atomic E-state index is 0. The van der Waals surface area contributed by atoms with Gasteiger partial charge in [-0.1, -0.05) is 30.3 Å². The van der Waals surface area contributed by atoms with Gasteiger partial charge in [-0.3, -0.25) is 0 Å². The molecule has 0 unspecified atom stereocenters. The maximum absolute atomic E-state index is 5.78. The predicted octanol–water partition coefficient (Wildman–Crippen LogP) is 4.17. The van der Waals surface area contributed by atoms with Gasteiger partial charge in [0.05, 0.1) is 6.54 Å². The fourth-order valence-electron chi connectivity index (χ4n) is 1.97. The molecule has 0 atom stereocenters. The highest BCUT2D eigenvalue weighted by molar-refractivity contribution is 14.0. The van der Waals surface area contributed by atoms with E-state index < -0.39 is 0 Å². The van der Waals surface area contributed by atoms with Crippen LogP contribution in [0.3, 0.4) is 0 Å². The molecule has 0 saturated heterocycles. The molecule has 0 aliphatic rings. The second-order valence-corrected chi connectivity index (χ2v) is 4.78. The second-order valence-electron chi connectivity index (χ2n) is 4.78. The molecular formula is C18H24IN3O. The molecule has 5 heteroatoms. The molecule has 0 spiro atoms. The lowest BCUT2D eigenvalue weighted by Gasteiger charge is -2.09. The molecule has 2 N–H and O–H groups in total. The largest absolute Gasteiger partial charge is 0.457 e. The number of nitrogens with zero attached hydrogens (tertiary/aromatic N) is 1. The summed E-state index contributed by atoms with van der Waals surface area (Å²) in [5, 5.41) is 6.42. The van der Waals surface area contributed by atoms with Crippen LogP contribution in [0.25, 0.3) is 0 Å². The zero-order valence-electron chi connectivity index (χ0n) is 13.6. The fourth-order valence-corrected chi connectivity index (χ4v) is 1.97. The molecule has 2 aromatic rings. The van der Waals surface area contributed by atoms with Crippen LogP contribution in [0.2, 0.25) is 0 Å². The Hall–Kier alpha value is -1.76. The molecule has 0 fully saturated rings. The molecule has 0 aliphatic heterocycles. The summed E-state index contributed by atoms with van der Waals surface area (Å²) >= 11 is 0. The summed E-state index contributed by atoms with van der Waals surface area (Å²) < 4.78 is 5.78.